The monoisotopic (exact) mass is 409 g/mol. The van der Waals surface area contributed by atoms with E-state index in [9.17, 15) is 14.9 Å². The number of thiazole rings is 1. The smallest absolute Gasteiger partial charge is 0.269 e. The molecule has 0 saturated carbocycles. The lowest BCUT2D eigenvalue weighted by atomic mass is 10.2. The van der Waals surface area contributed by atoms with Crippen molar-refractivity contribution >= 4 is 39.0 Å². The van der Waals surface area contributed by atoms with E-state index in [2.05, 4.69) is 10.3 Å². The predicted molar refractivity (Wildman–Crippen MR) is 110 cm³/mol. The minimum Gasteiger partial charge on any atom is -0.494 e. The van der Waals surface area contributed by atoms with Gasteiger partial charge in [-0.15, -0.1) is 11.3 Å². The van der Waals surface area contributed by atoms with Gasteiger partial charge in [0.1, 0.15) is 17.0 Å². The van der Waals surface area contributed by atoms with Gasteiger partial charge in [0.25, 0.3) is 11.6 Å². The maximum atomic E-state index is 12.3. The lowest BCUT2D eigenvalue weighted by Crippen LogP contribution is -2.11. The van der Waals surface area contributed by atoms with Crippen LogP contribution < -0.4 is 10.1 Å². The van der Waals surface area contributed by atoms with Crippen molar-refractivity contribution in [1.29, 1.82) is 0 Å². The zero-order valence-corrected chi connectivity index (χ0v) is 16.1. The van der Waals surface area contributed by atoms with E-state index in [-0.39, 0.29) is 5.69 Å². The van der Waals surface area contributed by atoms with E-state index in [1.807, 2.05) is 31.2 Å². The summed E-state index contributed by atoms with van der Waals surface area (Å²) in [7, 11) is 0. The molecule has 4 rings (SSSR count). The molecule has 0 atom stereocenters. The van der Waals surface area contributed by atoms with Crippen LogP contribution in [-0.2, 0) is 0 Å². The molecular formula is C20H15N3O5S. The number of nitro groups is 1. The van der Waals surface area contributed by atoms with Crippen LogP contribution in [0.5, 0.6) is 5.75 Å². The van der Waals surface area contributed by atoms with Gasteiger partial charge in [-0.3, -0.25) is 20.2 Å². The number of hydrogen-bond acceptors (Lipinski definition) is 7. The molecule has 1 N–H and O–H groups in total. The van der Waals surface area contributed by atoms with E-state index in [1.165, 1.54) is 35.6 Å². The molecule has 0 aliphatic carbocycles. The lowest BCUT2D eigenvalue weighted by molar-refractivity contribution is -0.384. The number of carbonyl (C=O) groups is 1. The van der Waals surface area contributed by atoms with Crippen LogP contribution in [0.1, 0.15) is 17.3 Å². The molecule has 0 fully saturated rings. The average Bonchev–Trinajstić information content (AvgIpc) is 3.34. The third-order valence-electron chi connectivity index (χ3n) is 4.12. The van der Waals surface area contributed by atoms with Crippen LogP contribution in [0.2, 0.25) is 0 Å². The number of hydrogen-bond donors (Lipinski definition) is 1. The molecule has 0 spiro atoms. The van der Waals surface area contributed by atoms with E-state index < -0.39 is 10.8 Å². The Kier molecular flexibility index (Phi) is 4.96. The first kappa shape index (κ1) is 18.6. The van der Waals surface area contributed by atoms with Gasteiger partial charge in [0.15, 0.2) is 10.9 Å². The first-order valence-corrected chi connectivity index (χ1v) is 9.59. The molecule has 2 aromatic carbocycles. The highest BCUT2D eigenvalue weighted by atomic mass is 32.1. The van der Waals surface area contributed by atoms with Crippen molar-refractivity contribution in [3.05, 3.63) is 69.6 Å². The second-order valence-electron chi connectivity index (χ2n) is 6.04. The number of benzene rings is 2. The van der Waals surface area contributed by atoms with Crippen molar-refractivity contribution in [2.75, 3.05) is 11.9 Å². The third kappa shape index (κ3) is 3.94. The number of amides is 1. The van der Waals surface area contributed by atoms with Crippen molar-refractivity contribution in [2.45, 2.75) is 6.92 Å². The number of rotatable bonds is 6. The molecule has 0 aliphatic heterocycles. The van der Waals surface area contributed by atoms with Crippen LogP contribution in [0, 0.1) is 10.1 Å². The molecule has 0 saturated heterocycles. The summed E-state index contributed by atoms with van der Waals surface area (Å²) in [6.07, 6.45) is 0. The normalized spacial score (nSPS) is 10.8. The van der Waals surface area contributed by atoms with Gasteiger partial charge in [-0.25, -0.2) is 4.98 Å². The van der Waals surface area contributed by atoms with Gasteiger partial charge in [-0.05, 0) is 43.3 Å². The number of nitro benzene ring substituents is 1. The molecule has 0 radical (unpaired) electrons. The Bertz CT molecular complexity index is 1200. The second kappa shape index (κ2) is 7.72. The zero-order chi connectivity index (χ0) is 20.4. The molecule has 0 bridgehead atoms. The molecule has 2 heterocycles. The van der Waals surface area contributed by atoms with E-state index in [0.29, 0.717) is 34.3 Å². The molecule has 146 valence electrons. The molecule has 0 aliphatic rings. The highest BCUT2D eigenvalue weighted by Crippen LogP contribution is 2.32. The second-order valence-corrected chi connectivity index (χ2v) is 6.90. The Morgan fingerprint density at radius 1 is 1.24 bits per heavy atom. The number of carbonyl (C=O) groups excluding carboxylic acids is 1. The molecule has 29 heavy (non-hydrogen) atoms. The van der Waals surface area contributed by atoms with Gasteiger partial charge in [-0.1, -0.05) is 0 Å². The molecule has 4 aromatic rings. The number of non-ortho nitro benzene ring substituents is 1. The van der Waals surface area contributed by atoms with Crippen LogP contribution in [0.25, 0.3) is 22.4 Å². The summed E-state index contributed by atoms with van der Waals surface area (Å²) in [6.45, 7) is 2.51. The maximum absolute atomic E-state index is 12.3. The highest BCUT2D eigenvalue weighted by Gasteiger charge is 2.14. The van der Waals surface area contributed by atoms with Gasteiger partial charge in [-0.2, -0.15) is 0 Å². The largest absolute Gasteiger partial charge is 0.494 e. The van der Waals surface area contributed by atoms with Crippen molar-refractivity contribution < 1.29 is 18.9 Å². The predicted octanol–water partition coefficient (Wildman–Crippen LogP) is 5.12. The summed E-state index contributed by atoms with van der Waals surface area (Å²) in [5, 5.41) is 16.5. The number of nitrogens with zero attached hydrogens (tertiary/aromatic N) is 2. The van der Waals surface area contributed by atoms with Gasteiger partial charge < -0.3 is 9.15 Å². The van der Waals surface area contributed by atoms with Crippen LogP contribution in [0.4, 0.5) is 10.8 Å². The first-order valence-electron chi connectivity index (χ1n) is 8.71. The van der Waals surface area contributed by atoms with Crippen molar-refractivity contribution in [1.82, 2.24) is 4.98 Å². The summed E-state index contributed by atoms with van der Waals surface area (Å²) in [5.74, 6) is 0.953. The fourth-order valence-electron chi connectivity index (χ4n) is 2.75. The maximum Gasteiger partial charge on any atom is 0.269 e. The molecule has 2 aromatic heterocycles. The average molecular weight is 409 g/mol. The Morgan fingerprint density at radius 3 is 2.76 bits per heavy atom. The quantitative estimate of drug-likeness (QED) is 0.350. The SMILES string of the molecule is CCOc1ccc2oc(-c3csc(NC(=O)c4ccc([N+](=O)[O-])cc4)n3)cc2c1. The number of anilines is 1. The summed E-state index contributed by atoms with van der Waals surface area (Å²) in [4.78, 5) is 26.9. The first-order chi connectivity index (χ1) is 14.0. The number of nitrogens with one attached hydrogen (secondary N) is 1. The van der Waals surface area contributed by atoms with E-state index >= 15 is 0 Å². The molecule has 0 unspecified atom stereocenters. The third-order valence-corrected chi connectivity index (χ3v) is 4.87. The van der Waals surface area contributed by atoms with Crippen LogP contribution in [0.15, 0.2) is 58.3 Å². The number of furan rings is 1. The van der Waals surface area contributed by atoms with Gasteiger partial charge in [0.05, 0.1) is 11.5 Å². The lowest BCUT2D eigenvalue weighted by Gasteiger charge is -2.01. The van der Waals surface area contributed by atoms with Crippen LogP contribution >= 0.6 is 11.3 Å². The summed E-state index contributed by atoms with van der Waals surface area (Å²) >= 11 is 1.26. The Hall–Kier alpha value is -3.72. The van der Waals surface area contributed by atoms with Crippen LogP contribution in [-0.4, -0.2) is 22.4 Å². The van der Waals surface area contributed by atoms with Crippen molar-refractivity contribution in [3.8, 4) is 17.2 Å². The van der Waals surface area contributed by atoms with Crippen molar-refractivity contribution in [3.63, 3.8) is 0 Å². The minimum absolute atomic E-state index is 0.0736. The van der Waals surface area contributed by atoms with E-state index in [4.69, 9.17) is 9.15 Å². The molecule has 8 nitrogen and oxygen atoms in total. The highest BCUT2D eigenvalue weighted by molar-refractivity contribution is 7.14. The summed E-state index contributed by atoms with van der Waals surface area (Å²) in [5.41, 5.74) is 1.55. The standard InChI is InChI=1S/C20H15N3O5S/c1-2-27-15-7-8-17-13(9-15)10-18(28-17)16-11-29-20(21-16)22-19(24)12-3-5-14(6-4-12)23(25)26/h3-11H,2H2,1H3,(H,21,22,24). The number of aromatic nitrogens is 1. The Labute approximate surface area is 168 Å². The topological polar surface area (TPSA) is 108 Å². The summed E-state index contributed by atoms with van der Waals surface area (Å²) in [6, 6.07) is 12.8. The van der Waals surface area contributed by atoms with Gasteiger partial charge >= 0.3 is 0 Å². The fraction of sp³-hybridized carbons (Fsp3) is 0.100. The minimum atomic E-state index is -0.514. The molecule has 9 heteroatoms. The Morgan fingerprint density at radius 2 is 2.03 bits per heavy atom. The molecule has 1 amide bonds. The van der Waals surface area contributed by atoms with Crippen LogP contribution in [0.3, 0.4) is 0 Å². The fourth-order valence-corrected chi connectivity index (χ4v) is 3.45. The van der Waals surface area contributed by atoms with Crippen molar-refractivity contribution in [2.24, 2.45) is 0 Å². The summed E-state index contributed by atoms with van der Waals surface area (Å²) < 4.78 is 11.3. The van der Waals surface area contributed by atoms with Gasteiger partial charge in [0.2, 0.25) is 0 Å². The molecular weight excluding hydrogens is 394 g/mol. The zero-order valence-electron chi connectivity index (χ0n) is 15.2. The van der Waals surface area contributed by atoms with Gasteiger partial charge in [0, 0.05) is 28.5 Å². The van der Waals surface area contributed by atoms with E-state index in [0.717, 1.165) is 11.1 Å². The Balaban J connectivity index is 1.51. The number of fused-ring (bicyclic) bond motifs is 1. The number of ether oxygens (including phenoxy) is 1. The van der Waals surface area contributed by atoms with E-state index in [1.54, 1.807) is 5.38 Å².